The molecular formula is C42H68N4O4. The molecule has 0 spiro atoms. The average Bonchev–Trinajstić information content (AvgIpc) is 3.57. The fourth-order valence-corrected chi connectivity index (χ4v) is 9.37. The Morgan fingerprint density at radius 3 is 1.38 bits per heavy atom. The zero-order valence-corrected chi connectivity index (χ0v) is 34.3. The molecule has 4 aliphatic rings. The Morgan fingerprint density at radius 1 is 0.520 bits per heavy atom. The first kappa shape index (κ1) is 37.5. The molecule has 4 heterocycles. The third-order valence-corrected chi connectivity index (χ3v) is 14.1. The van der Waals surface area contributed by atoms with Gasteiger partial charge in [0, 0.05) is 60.4 Å². The van der Waals surface area contributed by atoms with E-state index in [-0.39, 0.29) is 57.6 Å². The number of likely N-dealkylation sites (tertiary alicyclic amines) is 4. The van der Waals surface area contributed by atoms with E-state index >= 15 is 0 Å². The highest BCUT2D eigenvalue weighted by molar-refractivity contribution is 5.92. The number of hydrogen-bond donors (Lipinski definition) is 0. The molecule has 4 fully saturated rings. The van der Waals surface area contributed by atoms with Crippen LogP contribution in [0.25, 0.3) is 10.8 Å². The zero-order chi connectivity index (χ0) is 37.0. The molecule has 0 aliphatic carbocycles. The predicted molar refractivity (Wildman–Crippen MR) is 205 cm³/mol. The first-order chi connectivity index (χ1) is 22.9. The first-order valence-corrected chi connectivity index (χ1v) is 19.0. The van der Waals surface area contributed by atoms with Gasteiger partial charge in [-0.25, -0.2) is 0 Å². The van der Waals surface area contributed by atoms with E-state index in [2.05, 4.69) is 155 Å². The van der Waals surface area contributed by atoms with Crippen LogP contribution in [-0.2, 0) is 0 Å². The minimum Gasteiger partial charge on any atom is -0.488 e. The molecule has 8 nitrogen and oxygen atoms in total. The van der Waals surface area contributed by atoms with E-state index in [0.29, 0.717) is 0 Å². The van der Waals surface area contributed by atoms with Crippen LogP contribution in [0.3, 0.4) is 0 Å². The molecule has 0 amide bonds. The molecular weight excluding hydrogens is 624 g/mol. The molecule has 4 unspecified atom stereocenters. The highest BCUT2D eigenvalue weighted by atomic mass is 16.5. The second-order valence-electron chi connectivity index (χ2n) is 19.7. The summed E-state index contributed by atoms with van der Waals surface area (Å²) in [6.45, 7) is 29.6. The van der Waals surface area contributed by atoms with Crippen LogP contribution in [0.2, 0.25) is 0 Å². The van der Waals surface area contributed by atoms with Crippen molar-refractivity contribution in [1.82, 2.24) is 19.6 Å². The Hall–Kier alpha value is -2.26. The molecule has 2 aromatic carbocycles. The third kappa shape index (κ3) is 6.39. The Kier molecular flexibility index (Phi) is 9.11. The monoisotopic (exact) mass is 693 g/mol. The lowest BCUT2D eigenvalue weighted by Crippen LogP contribution is -2.49. The van der Waals surface area contributed by atoms with Crippen molar-refractivity contribution in [2.24, 2.45) is 0 Å². The van der Waals surface area contributed by atoms with Gasteiger partial charge in [0.15, 0.2) is 11.5 Å². The summed E-state index contributed by atoms with van der Waals surface area (Å²) in [6, 6.07) is 8.70. The summed E-state index contributed by atoms with van der Waals surface area (Å²) in [7, 11) is 8.82. The highest BCUT2D eigenvalue weighted by Crippen LogP contribution is 2.48. The van der Waals surface area contributed by atoms with Crippen molar-refractivity contribution >= 4 is 10.8 Å². The van der Waals surface area contributed by atoms with E-state index in [0.717, 1.165) is 72.5 Å². The molecule has 4 saturated heterocycles. The van der Waals surface area contributed by atoms with Crippen molar-refractivity contribution < 1.29 is 18.9 Å². The van der Waals surface area contributed by atoms with Gasteiger partial charge in [-0.15, -0.1) is 0 Å². The van der Waals surface area contributed by atoms with Crippen LogP contribution in [0, 0.1) is 0 Å². The second kappa shape index (κ2) is 12.1. The summed E-state index contributed by atoms with van der Waals surface area (Å²) in [5, 5.41) is 2.07. The van der Waals surface area contributed by atoms with Crippen molar-refractivity contribution in [2.75, 3.05) is 41.3 Å². The standard InChI is InChI=1S/C42H68N4O4/c1-37(2)23-34(40(7,8)44(37)14)48-29-19-27-20-32(47-28-17-18-43(13)26-28)33(50-36-25-39(5,6)46(16)42(36,11)12)22-30(27)31(21-29)49-35-24-38(3,4)45(15)41(35,9)10/h19-22,28,34-36H,17-18,23-26H2,1-16H3. The van der Waals surface area contributed by atoms with E-state index in [1.807, 2.05) is 0 Å². The highest BCUT2D eigenvalue weighted by Gasteiger charge is 2.53. The molecule has 4 atom stereocenters. The number of rotatable bonds is 8. The van der Waals surface area contributed by atoms with E-state index < -0.39 is 0 Å². The van der Waals surface area contributed by atoms with Gasteiger partial charge in [-0.05, 0) is 141 Å². The Labute approximate surface area is 303 Å². The summed E-state index contributed by atoms with van der Waals surface area (Å²) in [6.07, 6.45) is 3.91. The minimum atomic E-state index is -0.159. The van der Waals surface area contributed by atoms with Gasteiger partial charge < -0.3 is 23.8 Å². The van der Waals surface area contributed by atoms with E-state index in [1.54, 1.807) is 0 Å². The topological polar surface area (TPSA) is 49.9 Å². The van der Waals surface area contributed by atoms with E-state index in [9.17, 15) is 0 Å². The minimum absolute atomic E-state index is 0.00585. The van der Waals surface area contributed by atoms with E-state index in [4.69, 9.17) is 18.9 Å². The Morgan fingerprint density at radius 2 is 0.960 bits per heavy atom. The van der Waals surface area contributed by atoms with Crippen molar-refractivity contribution in [3.63, 3.8) is 0 Å². The average molecular weight is 693 g/mol. The first-order valence-electron chi connectivity index (χ1n) is 19.0. The zero-order valence-electron chi connectivity index (χ0n) is 34.3. The molecule has 8 heteroatoms. The number of ether oxygens (including phenoxy) is 4. The summed E-state index contributed by atoms with van der Waals surface area (Å²) in [5.74, 6) is 3.26. The molecule has 0 aromatic heterocycles. The lowest BCUT2D eigenvalue weighted by Gasteiger charge is -2.38. The number of nitrogens with zero attached hydrogens (tertiary/aromatic N) is 4. The molecule has 4 aliphatic heterocycles. The van der Waals surface area contributed by atoms with Crippen molar-refractivity contribution in [2.45, 2.75) is 166 Å². The maximum Gasteiger partial charge on any atom is 0.162 e. The normalized spacial score (nSPS) is 31.8. The molecule has 0 radical (unpaired) electrons. The van der Waals surface area contributed by atoms with Gasteiger partial charge in [-0.2, -0.15) is 0 Å². The largest absolute Gasteiger partial charge is 0.488 e. The SMILES string of the molecule is CN1CCC(Oc2cc3cc(OC4CC(C)(C)N(C)C4(C)C)cc(OC4CC(C)(C)N(C)C4(C)C)c3cc2OC2CC(C)(C)N(C)C2(C)C)C1. The fraction of sp³-hybridized carbons (Fsp3) is 0.762. The van der Waals surface area contributed by atoms with Crippen molar-refractivity contribution in [3.8, 4) is 23.0 Å². The molecule has 6 rings (SSSR count). The van der Waals surface area contributed by atoms with Crippen molar-refractivity contribution in [3.05, 3.63) is 24.3 Å². The summed E-state index contributed by atoms with van der Waals surface area (Å²) >= 11 is 0. The van der Waals surface area contributed by atoms with Crippen LogP contribution in [0.1, 0.15) is 109 Å². The molecule has 50 heavy (non-hydrogen) atoms. The fourth-order valence-electron chi connectivity index (χ4n) is 9.37. The molecule has 280 valence electrons. The maximum absolute atomic E-state index is 7.19. The Balaban J connectivity index is 1.47. The Bertz CT molecular complexity index is 1600. The molecule has 0 N–H and O–H groups in total. The van der Waals surface area contributed by atoms with Crippen LogP contribution in [0.4, 0.5) is 0 Å². The van der Waals surface area contributed by atoms with Crippen LogP contribution < -0.4 is 18.9 Å². The van der Waals surface area contributed by atoms with Gasteiger partial charge in [0.25, 0.3) is 0 Å². The lowest BCUT2D eigenvalue weighted by atomic mass is 9.96. The summed E-state index contributed by atoms with van der Waals surface area (Å²) in [4.78, 5) is 9.72. The van der Waals surface area contributed by atoms with Gasteiger partial charge >= 0.3 is 0 Å². The number of benzene rings is 2. The van der Waals surface area contributed by atoms with Gasteiger partial charge in [-0.1, -0.05) is 0 Å². The van der Waals surface area contributed by atoms with Crippen LogP contribution in [-0.4, -0.2) is 119 Å². The number of hydrogen-bond acceptors (Lipinski definition) is 8. The van der Waals surface area contributed by atoms with Crippen LogP contribution in [0.15, 0.2) is 24.3 Å². The maximum atomic E-state index is 7.19. The number of fused-ring (bicyclic) bond motifs is 1. The van der Waals surface area contributed by atoms with E-state index in [1.165, 1.54) is 0 Å². The van der Waals surface area contributed by atoms with Gasteiger partial charge in [0.1, 0.15) is 35.9 Å². The van der Waals surface area contributed by atoms with Gasteiger partial charge in [0.05, 0.1) is 16.6 Å². The lowest BCUT2D eigenvalue weighted by molar-refractivity contribution is 0.0597. The third-order valence-electron chi connectivity index (χ3n) is 14.1. The van der Waals surface area contributed by atoms with Crippen LogP contribution in [0.5, 0.6) is 23.0 Å². The van der Waals surface area contributed by atoms with Gasteiger partial charge in [0.2, 0.25) is 0 Å². The smallest absolute Gasteiger partial charge is 0.162 e. The molecule has 2 aromatic rings. The molecule has 0 bridgehead atoms. The van der Waals surface area contributed by atoms with Crippen LogP contribution >= 0.6 is 0 Å². The second-order valence-corrected chi connectivity index (χ2v) is 19.7. The molecule has 0 saturated carbocycles. The summed E-state index contributed by atoms with van der Waals surface area (Å²) in [5.41, 5.74) is -0.377. The summed E-state index contributed by atoms with van der Waals surface area (Å²) < 4.78 is 28.2. The predicted octanol–water partition coefficient (Wildman–Crippen LogP) is 7.84. The quantitative estimate of drug-likeness (QED) is 0.278. The van der Waals surface area contributed by atoms with Crippen molar-refractivity contribution in [1.29, 1.82) is 0 Å². The van der Waals surface area contributed by atoms with Gasteiger partial charge in [-0.3, -0.25) is 14.7 Å². The number of likely N-dealkylation sites (N-methyl/N-ethyl adjacent to an activating group) is 4.